The summed E-state index contributed by atoms with van der Waals surface area (Å²) in [6, 6.07) is 8.84. The normalized spacial score (nSPS) is 14.1. The Hall–Kier alpha value is -0.900. The Morgan fingerprint density at radius 1 is 1.29 bits per heavy atom. The van der Waals surface area contributed by atoms with Gasteiger partial charge in [-0.25, -0.2) is 0 Å². The fourth-order valence-corrected chi connectivity index (χ4v) is 3.00. The number of rotatable bonds is 3. The number of nitrogens with two attached hydrogens (primary N) is 1. The second-order valence-electron chi connectivity index (χ2n) is 5.55. The Labute approximate surface area is 107 Å². The molecule has 0 saturated heterocycles. The van der Waals surface area contributed by atoms with E-state index >= 15 is 0 Å². The Balaban J connectivity index is 2.29. The van der Waals surface area contributed by atoms with Gasteiger partial charge in [-0.3, -0.25) is 11.3 Å². The van der Waals surface area contributed by atoms with Gasteiger partial charge in [0, 0.05) is 10.7 Å². The number of hydrogen-bond acceptors (Lipinski definition) is 3. The molecule has 2 nitrogen and oxygen atoms in total. The highest BCUT2D eigenvalue weighted by Crippen LogP contribution is 2.29. The van der Waals surface area contributed by atoms with E-state index in [4.69, 9.17) is 5.84 Å². The van der Waals surface area contributed by atoms with Crippen LogP contribution >= 0.6 is 11.3 Å². The van der Waals surface area contributed by atoms with E-state index < -0.39 is 0 Å². The quantitative estimate of drug-likeness (QED) is 0.646. The van der Waals surface area contributed by atoms with Gasteiger partial charge in [0.2, 0.25) is 0 Å². The summed E-state index contributed by atoms with van der Waals surface area (Å²) in [5.41, 5.74) is 4.51. The van der Waals surface area contributed by atoms with E-state index in [9.17, 15) is 0 Å². The number of hydrazine groups is 1. The molecule has 0 aliphatic rings. The van der Waals surface area contributed by atoms with Crippen LogP contribution in [0.4, 0.5) is 0 Å². The first-order chi connectivity index (χ1) is 8.02. The van der Waals surface area contributed by atoms with Crippen molar-refractivity contribution in [2.45, 2.75) is 33.2 Å². The molecule has 0 saturated carbocycles. The highest BCUT2D eigenvalue weighted by atomic mass is 32.1. The van der Waals surface area contributed by atoms with E-state index in [0.29, 0.717) is 6.04 Å². The van der Waals surface area contributed by atoms with Crippen LogP contribution in [0.2, 0.25) is 0 Å². The largest absolute Gasteiger partial charge is 0.271 e. The van der Waals surface area contributed by atoms with Gasteiger partial charge >= 0.3 is 0 Å². The van der Waals surface area contributed by atoms with E-state index in [1.807, 2.05) is 11.3 Å². The second-order valence-corrected chi connectivity index (χ2v) is 6.46. The highest BCUT2D eigenvalue weighted by Gasteiger charge is 2.24. The van der Waals surface area contributed by atoms with Crippen LogP contribution in [0.1, 0.15) is 26.3 Å². The van der Waals surface area contributed by atoms with Crippen molar-refractivity contribution in [3.05, 3.63) is 35.2 Å². The van der Waals surface area contributed by atoms with Gasteiger partial charge in [-0.05, 0) is 34.2 Å². The third kappa shape index (κ3) is 2.68. The smallest absolute Gasteiger partial charge is 0.0345 e. The summed E-state index contributed by atoms with van der Waals surface area (Å²) < 4.78 is 1.35. The molecule has 1 atom stereocenters. The summed E-state index contributed by atoms with van der Waals surface area (Å²) in [6.45, 7) is 6.64. The molecular weight excluding hydrogens is 228 g/mol. The molecule has 3 N–H and O–H groups in total. The summed E-state index contributed by atoms with van der Waals surface area (Å²) in [4.78, 5) is 0. The van der Waals surface area contributed by atoms with E-state index in [0.717, 1.165) is 6.42 Å². The maximum absolute atomic E-state index is 5.67. The molecule has 92 valence electrons. The van der Waals surface area contributed by atoms with Crippen molar-refractivity contribution in [2.24, 2.45) is 11.3 Å². The van der Waals surface area contributed by atoms with Gasteiger partial charge in [-0.15, -0.1) is 11.3 Å². The van der Waals surface area contributed by atoms with Crippen molar-refractivity contribution < 1.29 is 0 Å². The molecule has 0 aliphatic carbocycles. The molecule has 1 aromatic heterocycles. The molecule has 0 amide bonds. The molecule has 0 spiro atoms. The van der Waals surface area contributed by atoms with Gasteiger partial charge in [0.05, 0.1) is 0 Å². The maximum atomic E-state index is 5.67. The summed E-state index contributed by atoms with van der Waals surface area (Å²) >= 11 is 1.81. The minimum atomic E-state index is 0.164. The molecule has 0 fully saturated rings. The van der Waals surface area contributed by atoms with Crippen molar-refractivity contribution >= 4 is 21.4 Å². The average Bonchev–Trinajstić information content (AvgIpc) is 2.67. The average molecular weight is 248 g/mol. The topological polar surface area (TPSA) is 38.0 Å². The van der Waals surface area contributed by atoms with Crippen LogP contribution in [0.25, 0.3) is 10.1 Å². The van der Waals surface area contributed by atoms with Gasteiger partial charge in [0.1, 0.15) is 0 Å². The summed E-state index contributed by atoms with van der Waals surface area (Å²) in [6.07, 6.45) is 0.976. The summed E-state index contributed by atoms with van der Waals surface area (Å²) in [5.74, 6) is 5.67. The van der Waals surface area contributed by atoms with Crippen LogP contribution in [-0.4, -0.2) is 6.04 Å². The SMILES string of the molecule is CC(C)(C)C(Cc1csc2ccccc12)NN. The fourth-order valence-electron chi connectivity index (χ4n) is 2.03. The van der Waals surface area contributed by atoms with E-state index in [1.54, 1.807) is 0 Å². The summed E-state index contributed by atoms with van der Waals surface area (Å²) in [5, 5.41) is 3.61. The molecule has 0 aliphatic heterocycles. The van der Waals surface area contributed by atoms with E-state index in [1.165, 1.54) is 15.6 Å². The molecule has 1 heterocycles. The highest BCUT2D eigenvalue weighted by molar-refractivity contribution is 7.17. The van der Waals surface area contributed by atoms with Gasteiger partial charge in [0.15, 0.2) is 0 Å². The molecule has 1 aromatic carbocycles. The lowest BCUT2D eigenvalue weighted by molar-refractivity contribution is 0.269. The molecule has 3 heteroatoms. The first-order valence-electron chi connectivity index (χ1n) is 5.93. The van der Waals surface area contributed by atoms with Crippen molar-refractivity contribution in [3.63, 3.8) is 0 Å². The first kappa shape index (κ1) is 12.6. The van der Waals surface area contributed by atoms with Crippen molar-refractivity contribution in [1.29, 1.82) is 0 Å². The van der Waals surface area contributed by atoms with Crippen LogP contribution in [0.5, 0.6) is 0 Å². The van der Waals surface area contributed by atoms with Crippen molar-refractivity contribution in [1.82, 2.24) is 5.43 Å². The number of fused-ring (bicyclic) bond motifs is 1. The number of thiophene rings is 1. The van der Waals surface area contributed by atoms with Crippen LogP contribution < -0.4 is 11.3 Å². The standard InChI is InChI=1S/C14H20N2S/c1-14(2,3)13(16-15)8-10-9-17-12-7-5-4-6-11(10)12/h4-7,9,13,16H,8,15H2,1-3H3. The maximum Gasteiger partial charge on any atom is 0.0345 e. The molecule has 1 unspecified atom stereocenters. The summed E-state index contributed by atoms with van der Waals surface area (Å²) in [7, 11) is 0. The van der Waals surface area contributed by atoms with Gasteiger partial charge < -0.3 is 0 Å². The van der Waals surface area contributed by atoms with Crippen molar-refractivity contribution in [3.8, 4) is 0 Å². The molecule has 2 rings (SSSR count). The van der Waals surface area contributed by atoms with Gasteiger partial charge in [-0.1, -0.05) is 39.0 Å². The number of nitrogens with one attached hydrogen (secondary N) is 1. The first-order valence-corrected chi connectivity index (χ1v) is 6.81. The minimum Gasteiger partial charge on any atom is -0.271 e. The third-order valence-corrected chi connectivity index (χ3v) is 4.24. The lowest BCUT2D eigenvalue weighted by Gasteiger charge is -2.29. The zero-order chi connectivity index (χ0) is 12.5. The number of hydrogen-bond donors (Lipinski definition) is 2. The Morgan fingerprint density at radius 2 is 2.00 bits per heavy atom. The number of benzene rings is 1. The molecule has 0 radical (unpaired) electrons. The van der Waals surface area contributed by atoms with Crippen molar-refractivity contribution in [2.75, 3.05) is 0 Å². The van der Waals surface area contributed by atoms with Crippen LogP contribution in [-0.2, 0) is 6.42 Å². The Kier molecular flexibility index (Phi) is 3.52. The van der Waals surface area contributed by atoms with Gasteiger partial charge in [0.25, 0.3) is 0 Å². The minimum absolute atomic E-state index is 0.164. The zero-order valence-electron chi connectivity index (χ0n) is 10.7. The van der Waals surface area contributed by atoms with E-state index in [-0.39, 0.29) is 5.41 Å². The molecule has 0 bridgehead atoms. The Morgan fingerprint density at radius 3 is 2.65 bits per heavy atom. The van der Waals surface area contributed by atoms with E-state index in [2.05, 4.69) is 55.8 Å². The lowest BCUT2D eigenvalue weighted by Crippen LogP contribution is -2.45. The second kappa shape index (κ2) is 4.77. The fraction of sp³-hybridized carbons (Fsp3) is 0.429. The predicted octanol–water partition coefficient (Wildman–Crippen LogP) is 3.32. The Bertz CT molecular complexity index is 496. The molecular formula is C14H20N2S. The lowest BCUT2D eigenvalue weighted by atomic mass is 9.83. The van der Waals surface area contributed by atoms with Crippen LogP contribution in [0.15, 0.2) is 29.6 Å². The molecule has 17 heavy (non-hydrogen) atoms. The van der Waals surface area contributed by atoms with Crippen LogP contribution in [0, 0.1) is 5.41 Å². The van der Waals surface area contributed by atoms with Crippen LogP contribution in [0.3, 0.4) is 0 Å². The third-order valence-electron chi connectivity index (χ3n) is 3.23. The zero-order valence-corrected chi connectivity index (χ0v) is 11.5. The monoisotopic (exact) mass is 248 g/mol. The van der Waals surface area contributed by atoms with Gasteiger partial charge in [-0.2, -0.15) is 0 Å². The molecule has 2 aromatic rings. The predicted molar refractivity (Wildman–Crippen MR) is 76.1 cm³/mol.